The van der Waals surface area contributed by atoms with Crippen molar-refractivity contribution in [2.75, 3.05) is 5.32 Å². The fourth-order valence-corrected chi connectivity index (χ4v) is 3.97. The Balaban J connectivity index is 1.92. The van der Waals surface area contributed by atoms with Crippen LogP contribution in [-0.4, -0.2) is 11.7 Å². The Morgan fingerprint density at radius 1 is 1.26 bits per heavy atom. The molecule has 0 radical (unpaired) electrons. The van der Waals surface area contributed by atoms with Crippen molar-refractivity contribution in [3.63, 3.8) is 0 Å². The minimum Gasteiger partial charge on any atom is -0.325 e. The van der Waals surface area contributed by atoms with E-state index in [1.807, 2.05) is 30.3 Å². The number of amides is 1. The van der Waals surface area contributed by atoms with Gasteiger partial charge < -0.3 is 5.32 Å². The van der Waals surface area contributed by atoms with Gasteiger partial charge in [-0.3, -0.25) is 9.59 Å². The summed E-state index contributed by atoms with van der Waals surface area (Å²) in [5.74, 6) is 0.373. The Kier molecular flexibility index (Phi) is 2.56. The van der Waals surface area contributed by atoms with Gasteiger partial charge >= 0.3 is 0 Å². The fourth-order valence-electron chi connectivity index (χ4n) is 3.97. The van der Waals surface area contributed by atoms with Crippen molar-refractivity contribution in [1.82, 2.24) is 0 Å². The van der Waals surface area contributed by atoms with Crippen LogP contribution in [0.2, 0.25) is 0 Å². The molecule has 2 saturated carbocycles. The van der Waals surface area contributed by atoms with Gasteiger partial charge in [0.1, 0.15) is 11.2 Å². The number of benzene rings is 1. The van der Waals surface area contributed by atoms with E-state index >= 15 is 0 Å². The van der Waals surface area contributed by atoms with Crippen molar-refractivity contribution < 1.29 is 9.59 Å². The fraction of sp³-hybridized carbons (Fsp3) is 0.500. The lowest BCUT2D eigenvalue weighted by Gasteiger charge is -2.34. The van der Waals surface area contributed by atoms with E-state index in [4.69, 9.17) is 0 Å². The molecule has 2 aliphatic rings. The average molecular weight is 257 g/mol. The minimum atomic E-state index is -0.812. The third-order valence-corrected chi connectivity index (χ3v) is 5.32. The number of fused-ring (bicyclic) bond motifs is 2. The molecule has 1 amide bonds. The van der Waals surface area contributed by atoms with Gasteiger partial charge in [0.15, 0.2) is 0 Å². The van der Waals surface area contributed by atoms with Crippen LogP contribution in [0.5, 0.6) is 0 Å². The van der Waals surface area contributed by atoms with E-state index in [1.54, 1.807) is 0 Å². The highest BCUT2D eigenvalue weighted by Crippen LogP contribution is 2.64. The van der Waals surface area contributed by atoms with Gasteiger partial charge in [0.25, 0.3) is 0 Å². The molecule has 0 heterocycles. The van der Waals surface area contributed by atoms with Crippen LogP contribution >= 0.6 is 0 Å². The van der Waals surface area contributed by atoms with Gasteiger partial charge in [-0.2, -0.15) is 0 Å². The maximum atomic E-state index is 12.7. The third-order valence-electron chi connectivity index (χ3n) is 5.32. The van der Waals surface area contributed by atoms with Crippen molar-refractivity contribution in [3.8, 4) is 0 Å². The number of carbonyl (C=O) groups excluding carboxylic acids is 2. The van der Waals surface area contributed by atoms with E-state index in [0.717, 1.165) is 12.1 Å². The summed E-state index contributed by atoms with van der Waals surface area (Å²) in [4.78, 5) is 25.0. The molecule has 3 nitrogen and oxygen atoms in total. The van der Waals surface area contributed by atoms with Crippen LogP contribution < -0.4 is 5.32 Å². The van der Waals surface area contributed by atoms with Crippen molar-refractivity contribution >= 4 is 17.4 Å². The van der Waals surface area contributed by atoms with Gasteiger partial charge in [-0.25, -0.2) is 0 Å². The molecule has 2 unspecified atom stereocenters. The normalized spacial score (nSPS) is 31.5. The summed E-state index contributed by atoms with van der Waals surface area (Å²) in [6.45, 7) is 4.14. The zero-order valence-electron chi connectivity index (χ0n) is 11.4. The summed E-state index contributed by atoms with van der Waals surface area (Å²) < 4.78 is 0. The molecule has 19 heavy (non-hydrogen) atoms. The molecule has 2 fully saturated rings. The van der Waals surface area contributed by atoms with E-state index in [0.29, 0.717) is 18.8 Å². The van der Waals surface area contributed by atoms with Crippen LogP contribution in [0.3, 0.4) is 0 Å². The van der Waals surface area contributed by atoms with Gasteiger partial charge in [0.2, 0.25) is 5.91 Å². The first kappa shape index (κ1) is 12.4. The quantitative estimate of drug-likeness (QED) is 0.828. The molecule has 100 valence electrons. The molecule has 1 N–H and O–H groups in total. The lowest BCUT2D eigenvalue weighted by molar-refractivity contribution is -0.141. The van der Waals surface area contributed by atoms with Crippen molar-refractivity contribution in [2.45, 2.75) is 33.1 Å². The lowest BCUT2D eigenvalue weighted by Crippen LogP contribution is -2.46. The number of hydrogen-bond acceptors (Lipinski definition) is 2. The molecule has 2 atom stereocenters. The minimum absolute atomic E-state index is 0.117. The number of para-hydroxylation sites is 1. The predicted molar refractivity (Wildman–Crippen MR) is 73.6 cm³/mol. The standard InChI is InChI=1S/C16H19NO2/c1-15(2)11-8-9-16(15,13(18)10-11)14(19)17-12-6-4-3-5-7-12/h3-7,11H,8-10H2,1-2H3,(H,17,19). The highest BCUT2D eigenvalue weighted by Gasteiger charge is 2.68. The predicted octanol–water partition coefficient (Wildman–Crippen LogP) is 3.02. The Bertz CT molecular complexity index is 535. The Morgan fingerprint density at radius 3 is 2.47 bits per heavy atom. The van der Waals surface area contributed by atoms with Crippen LogP contribution in [0.15, 0.2) is 30.3 Å². The molecule has 3 heteroatoms. The number of anilines is 1. The molecule has 3 rings (SSSR count). The van der Waals surface area contributed by atoms with Gasteiger partial charge in [0.05, 0.1) is 0 Å². The Morgan fingerprint density at radius 2 is 1.95 bits per heavy atom. The highest BCUT2D eigenvalue weighted by molar-refractivity contribution is 6.14. The molecule has 0 saturated heterocycles. The van der Waals surface area contributed by atoms with Crippen molar-refractivity contribution in [3.05, 3.63) is 30.3 Å². The Labute approximate surface area is 113 Å². The maximum absolute atomic E-state index is 12.7. The zero-order valence-corrected chi connectivity index (χ0v) is 11.4. The van der Waals surface area contributed by atoms with Crippen LogP contribution in [0.4, 0.5) is 5.69 Å². The second-order valence-electron chi connectivity index (χ2n) is 6.31. The number of ketones is 1. The van der Waals surface area contributed by atoms with Gasteiger partial charge in [-0.15, -0.1) is 0 Å². The van der Waals surface area contributed by atoms with Crippen LogP contribution in [0.1, 0.15) is 33.1 Å². The second kappa shape index (κ2) is 3.92. The maximum Gasteiger partial charge on any atom is 0.238 e. The van der Waals surface area contributed by atoms with E-state index in [-0.39, 0.29) is 17.1 Å². The second-order valence-corrected chi connectivity index (χ2v) is 6.31. The smallest absolute Gasteiger partial charge is 0.238 e. The SMILES string of the molecule is CC1(C)C2CCC1(C(=O)Nc1ccccc1)C(=O)C2. The first-order chi connectivity index (χ1) is 8.98. The summed E-state index contributed by atoms with van der Waals surface area (Å²) in [5, 5.41) is 2.93. The average Bonchev–Trinajstić information content (AvgIpc) is 2.74. The number of rotatable bonds is 2. The molecule has 2 bridgehead atoms. The zero-order chi connectivity index (χ0) is 13.7. The molecule has 0 aromatic heterocycles. The van der Waals surface area contributed by atoms with Crippen LogP contribution in [0, 0.1) is 16.7 Å². The third kappa shape index (κ3) is 1.50. The molecule has 1 aromatic rings. The molecule has 0 spiro atoms. The van der Waals surface area contributed by atoms with E-state index < -0.39 is 5.41 Å². The number of hydrogen-bond donors (Lipinski definition) is 1. The van der Waals surface area contributed by atoms with E-state index in [1.165, 1.54) is 0 Å². The lowest BCUT2D eigenvalue weighted by atomic mass is 9.68. The van der Waals surface area contributed by atoms with Gasteiger partial charge in [-0.1, -0.05) is 32.0 Å². The monoisotopic (exact) mass is 257 g/mol. The summed E-state index contributed by atoms with van der Waals surface area (Å²) in [6, 6.07) is 9.38. The van der Waals surface area contributed by atoms with Crippen LogP contribution in [0.25, 0.3) is 0 Å². The highest BCUT2D eigenvalue weighted by atomic mass is 16.2. The van der Waals surface area contributed by atoms with E-state index in [2.05, 4.69) is 19.2 Å². The van der Waals surface area contributed by atoms with Crippen molar-refractivity contribution in [1.29, 1.82) is 0 Å². The number of nitrogens with one attached hydrogen (secondary N) is 1. The first-order valence-corrected chi connectivity index (χ1v) is 6.88. The van der Waals surface area contributed by atoms with Crippen molar-refractivity contribution in [2.24, 2.45) is 16.7 Å². The molecular weight excluding hydrogens is 238 g/mol. The molecule has 0 aliphatic heterocycles. The first-order valence-electron chi connectivity index (χ1n) is 6.88. The molecule has 2 aliphatic carbocycles. The number of carbonyl (C=O) groups is 2. The van der Waals surface area contributed by atoms with E-state index in [9.17, 15) is 9.59 Å². The molecular formula is C16H19NO2. The summed E-state index contributed by atoms with van der Waals surface area (Å²) in [5.41, 5.74) is -0.267. The topological polar surface area (TPSA) is 46.2 Å². The summed E-state index contributed by atoms with van der Waals surface area (Å²) >= 11 is 0. The molecule has 1 aromatic carbocycles. The largest absolute Gasteiger partial charge is 0.325 e. The van der Waals surface area contributed by atoms with Crippen LogP contribution in [-0.2, 0) is 9.59 Å². The Hall–Kier alpha value is -1.64. The summed E-state index contributed by atoms with van der Waals surface area (Å²) in [7, 11) is 0. The summed E-state index contributed by atoms with van der Waals surface area (Å²) in [6.07, 6.45) is 2.25. The van der Waals surface area contributed by atoms with Gasteiger partial charge in [-0.05, 0) is 36.3 Å². The van der Waals surface area contributed by atoms with Gasteiger partial charge in [0, 0.05) is 12.1 Å². The number of Topliss-reactive ketones (excluding diaryl/α,β-unsaturated/α-hetero) is 1.